The Bertz CT molecular complexity index is 298. The van der Waals surface area contributed by atoms with Gasteiger partial charge in [0.2, 0.25) is 0 Å². The predicted octanol–water partition coefficient (Wildman–Crippen LogP) is 3.88. The first-order valence-electron chi connectivity index (χ1n) is 7.95. The Hall–Kier alpha value is -0.660. The molecule has 0 amide bonds. The quantitative estimate of drug-likeness (QED) is 0.758. The third-order valence-electron chi connectivity index (χ3n) is 5.36. The standard InChI is InChI=1S/C17H28O2/c1-10-5-14(6-11(2)16(10)18)9-15-7-12(3)17(19)13(4)8-15/h10-15H,5-9H2,1-4H3. The van der Waals surface area contributed by atoms with Crippen LogP contribution in [-0.2, 0) is 9.59 Å². The van der Waals surface area contributed by atoms with E-state index in [1.807, 2.05) is 0 Å². The molecule has 2 aliphatic rings. The first-order chi connectivity index (χ1) is 8.88. The fourth-order valence-corrected chi connectivity index (χ4v) is 4.48. The summed E-state index contributed by atoms with van der Waals surface area (Å²) in [6, 6.07) is 0. The molecule has 0 N–H and O–H groups in total. The molecule has 2 heteroatoms. The van der Waals surface area contributed by atoms with Crippen molar-refractivity contribution in [2.75, 3.05) is 0 Å². The van der Waals surface area contributed by atoms with E-state index in [1.54, 1.807) is 0 Å². The van der Waals surface area contributed by atoms with Gasteiger partial charge in [-0.05, 0) is 43.9 Å². The average molecular weight is 264 g/mol. The summed E-state index contributed by atoms with van der Waals surface area (Å²) in [7, 11) is 0. The van der Waals surface area contributed by atoms with Crippen LogP contribution in [0.25, 0.3) is 0 Å². The Morgan fingerprint density at radius 2 is 0.947 bits per heavy atom. The molecule has 4 atom stereocenters. The molecule has 19 heavy (non-hydrogen) atoms. The van der Waals surface area contributed by atoms with Gasteiger partial charge in [0.05, 0.1) is 0 Å². The molecule has 0 aliphatic heterocycles. The number of Topliss-reactive ketones (excluding diaryl/α,β-unsaturated/α-hetero) is 2. The summed E-state index contributed by atoms with van der Waals surface area (Å²) in [5, 5.41) is 0. The van der Waals surface area contributed by atoms with Crippen molar-refractivity contribution in [3.8, 4) is 0 Å². The van der Waals surface area contributed by atoms with Gasteiger partial charge in [0, 0.05) is 23.7 Å². The Morgan fingerprint density at radius 1 is 0.684 bits per heavy atom. The zero-order valence-electron chi connectivity index (χ0n) is 12.8. The highest BCUT2D eigenvalue weighted by Crippen LogP contribution is 2.39. The molecule has 4 unspecified atom stereocenters. The van der Waals surface area contributed by atoms with Crippen LogP contribution in [0.1, 0.15) is 59.8 Å². The third kappa shape index (κ3) is 3.27. The summed E-state index contributed by atoms with van der Waals surface area (Å²) >= 11 is 0. The van der Waals surface area contributed by atoms with Crippen molar-refractivity contribution in [1.82, 2.24) is 0 Å². The van der Waals surface area contributed by atoms with Crippen molar-refractivity contribution in [1.29, 1.82) is 0 Å². The van der Waals surface area contributed by atoms with E-state index in [4.69, 9.17) is 0 Å². The average Bonchev–Trinajstić information content (AvgIpc) is 2.33. The summed E-state index contributed by atoms with van der Waals surface area (Å²) in [5.74, 6) is 3.28. The van der Waals surface area contributed by atoms with Gasteiger partial charge in [-0.25, -0.2) is 0 Å². The monoisotopic (exact) mass is 264 g/mol. The first-order valence-corrected chi connectivity index (χ1v) is 7.95. The first kappa shape index (κ1) is 14.7. The zero-order chi connectivity index (χ0) is 14.2. The van der Waals surface area contributed by atoms with E-state index in [0.29, 0.717) is 23.4 Å². The van der Waals surface area contributed by atoms with Gasteiger partial charge >= 0.3 is 0 Å². The normalized spacial score (nSPS) is 44.4. The number of carbonyl (C=O) groups is 2. The van der Waals surface area contributed by atoms with Gasteiger partial charge < -0.3 is 0 Å². The van der Waals surface area contributed by atoms with Crippen LogP contribution >= 0.6 is 0 Å². The Morgan fingerprint density at radius 3 is 1.21 bits per heavy atom. The van der Waals surface area contributed by atoms with Crippen LogP contribution in [-0.4, -0.2) is 11.6 Å². The van der Waals surface area contributed by atoms with Crippen LogP contribution in [0.15, 0.2) is 0 Å². The lowest BCUT2D eigenvalue weighted by Crippen LogP contribution is -2.34. The number of hydrogen-bond donors (Lipinski definition) is 0. The van der Waals surface area contributed by atoms with Crippen LogP contribution in [0.3, 0.4) is 0 Å². The van der Waals surface area contributed by atoms with E-state index in [9.17, 15) is 9.59 Å². The second-order valence-corrected chi connectivity index (χ2v) is 7.32. The number of hydrogen-bond acceptors (Lipinski definition) is 2. The maximum Gasteiger partial charge on any atom is 0.138 e. The zero-order valence-corrected chi connectivity index (χ0v) is 12.8. The van der Waals surface area contributed by atoms with Gasteiger partial charge in [0.15, 0.2) is 0 Å². The van der Waals surface area contributed by atoms with Gasteiger partial charge in [0.1, 0.15) is 11.6 Å². The topological polar surface area (TPSA) is 34.1 Å². The maximum absolute atomic E-state index is 11.9. The molecule has 2 saturated carbocycles. The number of rotatable bonds is 2. The van der Waals surface area contributed by atoms with Crippen LogP contribution < -0.4 is 0 Å². The summed E-state index contributed by atoms with van der Waals surface area (Å²) in [4.78, 5) is 23.7. The SMILES string of the molecule is CC1CC(CC2CC(C)C(=O)C(C)C2)CC(C)C1=O. The van der Waals surface area contributed by atoms with Crippen LogP contribution in [0.2, 0.25) is 0 Å². The van der Waals surface area contributed by atoms with E-state index < -0.39 is 0 Å². The molecule has 0 heterocycles. The lowest BCUT2D eigenvalue weighted by atomic mass is 9.68. The van der Waals surface area contributed by atoms with Gasteiger partial charge in [0.25, 0.3) is 0 Å². The molecule has 0 bridgehead atoms. The minimum atomic E-state index is 0.244. The highest BCUT2D eigenvalue weighted by atomic mass is 16.1. The predicted molar refractivity (Wildman–Crippen MR) is 76.7 cm³/mol. The molecule has 2 fully saturated rings. The molecule has 0 aromatic heterocycles. The molecule has 2 nitrogen and oxygen atoms in total. The minimum absolute atomic E-state index is 0.244. The van der Waals surface area contributed by atoms with E-state index in [2.05, 4.69) is 27.7 Å². The van der Waals surface area contributed by atoms with E-state index in [1.165, 1.54) is 6.42 Å². The van der Waals surface area contributed by atoms with Crippen LogP contribution in [0, 0.1) is 35.5 Å². The van der Waals surface area contributed by atoms with Crippen molar-refractivity contribution >= 4 is 11.6 Å². The maximum atomic E-state index is 11.9. The summed E-state index contributed by atoms with van der Waals surface area (Å²) in [5.41, 5.74) is 0. The fraction of sp³-hybridized carbons (Fsp3) is 0.882. The summed E-state index contributed by atoms with van der Waals surface area (Å²) < 4.78 is 0. The molecule has 0 aromatic rings. The second-order valence-electron chi connectivity index (χ2n) is 7.32. The molecule has 108 valence electrons. The third-order valence-corrected chi connectivity index (χ3v) is 5.36. The fourth-order valence-electron chi connectivity index (χ4n) is 4.48. The van der Waals surface area contributed by atoms with E-state index >= 15 is 0 Å². The summed E-state index contributed by atoms with van der Waals surface area (Å²) in [6.45, 7) is 8.34. The summed E-state index contributed by atoms with van der Waals surface area (Å²) in [6.07, 6.45) is 5.49. The lowest BCUT2D eigenvalue weighted by molar-refractivity contribution is -0.130. The van der Waals surface area contributed by atoms with Gasteiger partial charge in [-0.15, -0.1) is 0 Å². The molecule has 0 spiro atoms. The number of ketones is 2. The van der Waals surface area contributed by atoms with E-state index in [-0.39, 0.29) is 23.7 Å². The molecular formula is C17H28O2. The van der Waals surface area contributed by atoms with Crippen molar-refractivity contribution in [2.45, 2.75) is 59.8 Å². The van der Waals surface area contributed by atoms with Gasteiger partial charge in [-0.2, -0.15) is 0 Å². The Kier molecular flexibility index (Phi) is 4.47. The lowest BCUT2D eigenvalue weighted by Gasteiger charge is -2.36. The van der Waals surface area contributed by atoms with Gasteiger partial charge in [-0.3, -0.25) is 9.59 Å². The Labute approximate surface area is 117 Å². The number of carbonyl (C=O) groups excluding carboxylic acids is 2. The highest BCUT2D eigenvalue weighted by Gasteiger charge is 2.36. The van der Waals surface area contributed by atoms with Gasteiger partial charge in [-0.1, -0.05) is 27.7 Å². The van der Waals surface area contributed by atoms with Crippen LogP contribution in [0.5, 0.6) is 0 Å². The minimum Gasteiger partial charge on any atom is -0.299 e. The van der Waals surface area contributed by atoms with Crippen molar-refractivity contribution < 1.29 is 9.59 Å². The van der Waals surface area contributed by atoms with Crippen LogP contribution in [0.4, 0.5) is 0 Å². The Balaban J connectivity index is 1.91. The van der Waals surface area contributed by atoms with E-state index in [0.717, 1.165) is 25.7 Å². The smallest absolute Gasteiger partial charge is 0.138 e. The van der Waals surface area contributed by atoms with Crippen molar-refractivity contribution in [2.24, 2.45) is 35.5 Å². The van der Waals surface area contributed by atoms with Crippen molar-refractivity contribution in [3.63, 3.8) is 0 Å². The molecule has 2 rings (SSSR count). The molecule has 0 radical (unpaired) electrons. The molecular weight excluding hydrogens is 236 g/mol. The molecule has 0 aromatic carbocycles. The largest absolute Gasteiger partial charge is 0.299 e. The second kappa shape index (κ2) is 5.76. The molecule has 0 saturated heterocycles. The molecule has 2 aliphatic carbocycles. The highest BCUT2D eigenvalue weighted by molar-refractivity contribution is 5.84. The van der Waals surface area contributed by atoms with Crippen molar-refractivity contribution in [3.05, 3.63) is 0 Å².